The van der Waals surface area contributed by atoms with E-state index in [1.54, 1.807) is 38.1 Å². The number of aromatic nitrogens is 1. The number of nitrogens with zero attached hydrogens (tertiary/aromatic N) is 1. The zero-order chi connectivity index (χ0) is 15.4. The van der Waals surface area contributed by atoms with Gasteiger partial charge in [-0.3, -0.25) is 0 Å². The molecule has 0 aliphatic rings. The summed E-state index contributed by atoms with van der Waals surface area (Å²) >= 11 is 0. The monoisotopic (exact) mass is 287 g/mol. The van der Waals surface area contributed by atoms with Gasteiger partial charge in [0.2, 0.25) is 5.88 Å². The molecule has 1 heterocycles. The van der Waals surface area contributed by atoms with Gasteiger partial charge in [0.1, 0.15) is 5.56 Å². The Morgan fingerprint density at radius 2 is 1.90 bits per heavy atom. The van der Waals surface area contributed by atoms with E-state index in [2.05, 4.69) is 4.98 Å². The zero-order valence-corrected chi connectivity index (χ0v) is 12.2. The summed E-state index contributed by atoms with van der Waals surface area (Å²) in [4.78, 5) is 15.6. The number of carboxylic acids is 1. The van der Waals surface area contributed by atoms with Gasteiger partial charge in [-0.25, -0.2) is 9.78 Å². The number of aromatic carboxylic acids is 1. The fourth-order valence-corrected chi connectivity index (χ4v) is 2.05. The highest BCUT2D eigenvalue weighted by Crippen LogP contribution is 2.33. The topological polar surface area (TPSA) is 68.7 Å². The fourth-order valence-electron chi connectivity index (χ4n) is 2.05. The van der Waals surface area contributed by atoms with Crippen molar-refractivity contribution in [3.05, 3.63) is 47.2 Å². The minimum atomic E-state index is -1.07. The minimum Gasteiger partial charge on any atom is -0.490 e. The van der Waals surface area contributed by atoms with Crippen molar-refractivity contribution in [3.8, 4) is 17.4 Å². The quantitative estimate of drug-likeness (QED) is 0.910. The summed E-state index contributed by atoms with van der Waals surface area (Å²) in [6.07, 6.45) is 0. The standard InChI is InChI=1S/C16H17NO4/c1-4-20-12-7-5-6-8-13(12)21-15-14(16(18)19)10(2)9-11(3)17-15/h5-9H,4H2,1-3H3,(H,18,19). The van der Waals surface area contributed by atoms with Gasteiger partial charge >= 0.3 is 5.97 Å². The molecule has 0 bridgehead atoms. The van der Waals surface area contributed by atoms with Crippen LogP contribution >= 0.6 is 0 Å². The molecule has 0 aliphatic carbocycles. The van der Waals surface area contributed by atoms with Crippen LogP contribution in [0.25, 0.3) is 0 Å². The minimum absolute atomic E-state index is 0.0619. The number of hydrogen-bond acceptors (Lipinski definition) is 4. The Morgan fingerprint density at radius 3 is 2.52 bits per heavy atom. The van der Waals surface area contributed by atoms with Crippen LogP contribution in [0.15, 0.2) is 30.3 Å². The normalized spacial score (nSPS) is 10.2. The van der Waals surface area contributed by atoms with Crippen LogP contribution in [-0.2, 0) is 0 Å². The Kier molecular flexibility index (Phi) is 4.42. The van der Waals surface area contributed by atoms with E-state index in [1.807, 2.05) is 13.0 Å². The molecule has 1 aromatic carbocycles. The second kappa shape index (κ2) is 6.26. The van der Waals surface area contributed by atoms with E-state index in [0.29, 0.717) is 29.4 Å². The average Bonchev–Trinajstić information content (AvgIpc) is 2.40. The van der Waals surface area contributed by atoms with Crippen LogP contribution in [0.4, 0.5) is 0 Å². The lowest BCUT2D eigenvalue weighted by Gasteiger charge is -2.13. The van der Waals surface area contributed by atoms with Gasteiger partial charge in [-0.1, -0.05) is 12.1 Å². The molecule has 0 unspecified atom stereocenters. The maximum Gasteiger partial charge on any atom is 0.341 e. The Balaban J connectivity index is 2.47. The molecule has 0 spiro atoms. The van der Waals surface area contributed by atoms with Crippen molar-refractivity contribution in [2.45, 2.75) is 20.8 Å². The molecule has 0 fully saturated rings. The number of aryl methyl sites for hydroxylation is 2. The Morgan fingerprint density at radius 1 is 1.24 bits per heavy atom. The first kappa shape index (κ1) is 14.8. The van der Waals surface area contributed by atoms with E-state index >= 15 is 0 Å². The number of carboxylic acid groups (broad SMARTS) is 1. The Hall–Kier alpha value is -2.56. The zero-order valence-electron chi connectivity index (χ0n) is 12.2. The summed E-state index contributed by atoms with van der Waals surface area (Å²) in [6.45, 7) is 5.88. The number of carbonyl (C=O) groups is 1. The number of rotatable bonds is 5. The molecule has 1 N–H and O–H groups in total. The van der Waals surface area contributed by atoms with Crippen LogP contribution in [0, 0.1) is 13.8 Å². The second-order valence-electron chi connectivity index (χ2n) is 4.55. The summed E-state index contributed by atoms with van der Waals surface area (Å²) in [6, 6.07) is 8.81. The highest BCUT2D eigenvalue weighted by molar-refractivity contribution is 5.92. The Bertz CT molecular complexity index is 667. The average molecular weight is 287 g/mol. The van der Waals surface area contributed by atoms with Crippen molar-refractivity contribution >= 4 is 5.97 Å². The maximum absolute atomic E-state index is 11.4. The van der Waals surface area contributed by atoms with Gasteiger partial charge in [0, 0.05) is 5.69 Å². The van der Waals surface area contributed by atoms with Crippen LogP contribution in [0.3, 0.4) is 0 Å². The Labute approximate surface area is 123 Å². The molecule has 0 atom stereocenters. The smallest absolute Gasteiger partial charge is 0.341 e. The molecule has 0 radical (unpaired) electrons. The molecular weight excluding hydrogens is 270 g/mol. The molecule has 110 valence electrons. The lowest BCUT2D eigenvalue weighted by molar-refractivity contribution is 0.0692. The maximum atomic E-state index is 11.4. The predicted octanol–water partition coefficient (Wildman–Crippen LogP) is 3.59. The van der Waals surface area contributed by atoms with Gasteiger partial charge < -0.3 is 14.6 Å². The number of pyridine rings is 1. The van der Waals surface area contributed by atoms with E-state index in [0.717, 1.165) is 0 Å². The largest absolute Gasteiger partial charge is 0.490 e. The number of hydrogen-bond donors (Lipinski definition) is 1. The molecule has 0 aliphatic heterocycles. The van der Waals surface area contributed by atoms with Crippen LogP contribution < -0.4 is 9.47 Å². The van der Waals surface area contributed by atoms with E-state index < -0.39 is 5.97 Å². The van der Waals surface area contributed by atoms with Crippen molar-refractivity contribution in [3.63, 3.8) is 0 Å². The summed E-state index contributed by atoms with van der Waals surface area (Å²) in [5, 5.41) is 9.34. The molecule has 5 nitrogen and oxygen atoms in total. The molecule has 0 saturated carbocycles. The lowest BCUT2D eigenvalue weighted by atomic mass is 10.1. The molecular formula is C16H17NO4. The van der Waals surface area contributed by atoms with E-state index in [-0.39, 0.29) is 11.4 Å². The molecule has 5 heteroatoms. The first-order valence-electron chi connectivity index (χ1n) is 6.64. The van der Waals surface area contributed by atoms with Crippen LogP contribution in [-0.4, -0.2) is 22.7 Å². The third-order valence-electron chi connectivity index (χ3n) is 2.88. The number of ether oxygens (including phenoxy) is 2. The first-order chi connectivity index (χ1) is 10.0. The van der Waals surface area contributed by atoms with Crippen molar-refractivity contribution in [1.29, 1.82) is 0 Å². The highest BCUT2D eigenvalue weighted by Gasteiger charge is 2.19. The van der Waals surface area contributed by atoms with Crippen molar-refractivity contribution in [2.75, 3.05) is 6.61 Å². The van der Waals surface area contributed by atoms with Gasteiger partial charge in [-0.15, -0.1) is 0 Å². The van der Waals surface area contributed by atoms with Gasteiger partial charge in [-0.2, -0.15) is 0 Å². The van der Waals surface area contributed by atoms with Gasteiger partial charge in [0.15, 0.2) is 11.5 Å². The molecule has 0 amide bonds. The molecule has 2 rings (SSSR count). The number of para-hydroxylation sites is 2. The third-order valence-corrected chi connectivity index (χ3v) is 2.88. The lowest BCUT2D eigenvalue weighted by Crippen LogP contribution is -2.06. The molecule has 21 heavy (non-hydrogen) atoms. The third kappa shape index (κ3) is 3.31. The molecule has 2 aromatic rings. The second-order valence-corrected chi connectivity index (χ2v) is 4.55. The fraction of sp³-hybridized carbons (Fsp3) is 0.250. The van der Waals surface area contributed by atoms with Crippen LogP contribution in [0.5, 0.6) is 17.4 Å². The summed E-state index contributed by atoms with van der Waals surface area (Å²) in [5.41, 5.74) is 1.37. The highest BCUT2D eigenvalue weighted by atomic mass is 16.5. The molecule has 1 aromatic heterocycles. The molecule has 0 saturated heterocycles. The number of benzene rings is 1. The van der Waals surface area contributed by atoms with Gasteiger partial charge in [0.05, 0.1) is 6.61 Å². The summed E-state index contributed by atoms with van der Waals surface area (Å²) in [5.74, 6) is 0.00712. The predicted molar refractivity (Wildman–Crippen MR) is 78.4 cm³/mol. The summed E-state index contributed by atoms with van der Waals surface area (Å²) in [7, 11) is 0. The van der Waals surface area contributed by atoms with E-state index in [9.17, 15) is 9.90 Å². The SMILES string of the molecule is CCOc1ccccc1Oc1nc(C)cc(C)c1C(=O)O. The van der Waals surface area contributed by atoms with Crippen molar-refractivity contribution in [1.82, 2.24) is 4.98 Å². The van der Waals surface area contributed by atoms with Crippen LogP contribution in [0.2, 0.25) is 0 Å². The summed E-state index contributed by atoms with van der Waals surface area (Å²) < 4.78 is 11.2. The van der Waals surface area contributed by atoms with Gasteiger partial charge in [-0.05, 0) is 44.5 Å². The van der Waals surface area contributed by atoms with Crippen molar-refractivity contribution < 1.29 is 19.4 Å². The van der Waals surface area contributed by atoms with Crippen molar-refractivity contribution in [2.24, 2.45) is 0 Å². The first-order valence-corrected chi connectivity index (χ1v) is 6.64. The van der Waals surface area contributed by atoms with Gasteiger partial charge in [0.25, 0.3) is 0 Å². The van der Waals surface area contributed by atoms with E-state index in [1.165, 1.54) is 0 Å². The van der Waals surface area contributed by atoms with E-state index in [4.69, 9.17) is 9.47 Å². The van der Waals surface area contributed by atoms with Crippen LogP contribution in [0.1, 0.15) is 28.5 Å².